The van der Waals surface area contributed by atoms with Gasteiger partial charge in [0, 0.05) is 24.0 Å². The Labute approximate surface area is 175 Å². The minimum atomic E-state index is -0.311. The number of rotatable bonds is 5. The van der Waals surface area contributed by atoms with E-state index in [0.717, 1.165) is 32.2 Å². The van der Waals surface area contributed by atoms with E-state index >= 15 is 0 Å². The molecule has 1 atom stereocenters. The van der Waals surface area contributed by atoms with Gasteiger partial charge in [0.2, 0.25) is 0 Å². The summed E-state index contributed by atoms with van der Waals surface area (Å²) in [7, 11) is 0. The predicted octanol–water partition coefficient (Wildman–Crippen LogP) is 5.16. The van der Waals surface area contributed by atoms with Crippen LogP contribution in [0.25, 0.3) is 0 Å². The molecule has 1 aliphatic rings. The summed E-state index contributed by atoms with van der Waals surface area (Å²) in [5.41, 5.74) is 2.58. The fourth-order valence-corrected chi connectivity index (χ4v) is 3.80. The largest absolute Gasteiger partial charge is 0.459 e. The molecule has 1 fully saturated rings. The highest BCUT2D eigenvalue weighted by atomic mass is 16.3. The second-order valence-corrected chi connectivity index (χ2v) is 7.47. The molecule has 0 radical (unpaired) electrons. The van der Waals surface area contributed by atoms with E-state index in [0.29, 0.717) is 11.4 Å². The number of amides is 3. The number of carbonyl (C=O) groups excluding carboxylic acids is 2. The smallest absolute Gasteiger partial charge is 0.322 e. The molecule has 3 aromatic rings. The second kappa shape index (κ2) is 9.31. The number of nitrogens with one attached hydrogen (secondary N) is 2. The first kappa shape index (κ1) is 19.8. The van der Waals surface area contributed by atoms with Crippen LogP contribution in [0.15, 0.2) is 77.4 Å². The number of benzene rings is 2. The highest BCUT2D eigenvalue weighted by Crippen LogP contribution is 2.22. The van der Waals surface area contributed by atoms with Gasteiger partial charge in [-0.05, 0) is 67.6 Å². The molecule has 4 rings (SSSR count). The van der Waals surface area contributed by atoms with Crippen LogP contribution < -0.4 is 10.6 Å². The summed E-state index contributed by atoms with van der Waals surface area (Å²) in [6.45, 7) is 0.765. The maximum Gasteiger partial charge on any atom is 0.322 e. The second-order valence-electron chi connectivity index (χ2n) is 7.47. The van der Waals surface area contributed by atoms with Gasteiger partial charge >= 0.3 is 6.03 Å². The van der Waals surface area contributed by atoms with Gasteiger partial charge in [0.1, 0.15) is 0 Å². The van der Waals surface area contributed by atoms with Gasteiger partial charge in [-0.25, -0.2) is 4.79 Å². The van der Waals surface area contributed by atoms with E-state index in [2.05, 4.69) is 22.8 Å². The third-order valence-electron chi connectivity index (χ3n) is 5.34. The zero-order valence-electron chi connectivity index (χ0n) is 16.7. The van der Waals surface area contributed by atoms with Crippen molar-refractivity contribution in [3.05, 3.63) is 84.3 Å². The fourth-order valence-electron chi connectivity index (χ4n) is 3.80. The van der Waals surface area contributed by atoms with Gasteiger partial charge < -0.3 is 20.0 Å². The van der Waals surface area contributed by atoms with Crippen molar-refractivity contribution >= 4 is 23.3 Å². The molecule has 30 heavy (non-hydrogen) atoms. The molecule has 3 amide bonds. The summed E-state index contributed by atoms with van der Waals surface area (Å²) >= 11 is 0. The lowest BCUT2D eigenvalue weighted by molar-refractivity contribution is 0.0996. The number of piperidine rings is 1. The Morgan fingerprint density at radius 2 is 1.63 bits per heavy atom. The summed E-state index contributed by atoms with van der Waals surface area (Å²) in [5.74, 6) is -0.0595. The molecule has 6 nitrogen and oxygen atoms in total. The third kappa shape index (κ3) is 4.89. The van der Waals surface area contributed by atoms with Crippen LogP contribution in [0.2, 0.25) is 0 Å². The minimum absolute atomic E-state index is 0.0806. The number of carbonyl (C=O) groups is 2. The molecule has 1 aromatic heterocycles. The number of furan rings is 1. The first-order valence-electron chi connectivity index (χ1n) is 10.3. The lowest BCUT2D eigenvalue weighted by atomic mass is 9.96. The van der Waals surface area contributed by atoms with Gasteiger partial charge in [-0.15, -0.1) is 0 Å². The monoisotopic (exact) mass is 403 g/mol. The van der Waals surface area contributed by atoms with Gasteiger partial charge in [0.25, 0.3) is 5.91 Å². The van der Waals surface area contributed by atoms with Crippen molar-refractivity contribution in [1.29, 1.82) is 0 Å². The molecule has 6 heteroatoms. The van der Waals surface area contributed by atoms with E-state index in [-0.39, 0.29) is 23.7 Å². The summed E-state index contributed by atoms with van der Waals surface area (Å²) in [4.78, 5) is 26.9. The number of likely N-dealkylation sites (tertiary alicyclic amines) is 1. The zero-order chi connectivity index (χ0) is 20.8. The summed E-state index contributed by atoms with van der Waals surface area (Å²) in [6.07, 6.45) is 5.51. The molecule has 2 N–H and O–H groups in total. The van der Waals surface area contributed by atoms with Crippen LogP contribution in [0.1, 0.15) is 35.4 Å². The molecule has 0 aliphatic carbocycles. The van der Waals surface area contributed by atoms with Crippen molar-refractivity contribution in [2.24, 2.45) is 0 Å². The third-order valence-corrected chi connectivity index (χ3v) is 5.34. The van der Waals surface area contributed by atoms with Crippen LogP contribution in [0, 0.1) is 0 Å². The quantitative estimate of drug-likeness (QED) is 0.618. The Bertz CT molecular complexity index is 969. The van der Waals surface area contributed by atoms with Crippen LogP contribution in [0.5, 0.6) is 0 Å². The summed E-state index contributed by atoms with van der Waals surface area (Å²) in [6, 6.07) is 20.8. The Kier molecular flexibility index (Phi) is 6.13. The van der Waals surface area contributed by atoms with Gasteiger partial charge in [-0.2, -0.15) is 0 Å². The average molecular weight is 403 g/mol. The zero-order valence-corrected chi connectivity index (χ0v) is 16.7. The lowest BCUT2D eigenvalue weighted by Gasteiger charge is -2.36. The van der Waals surface area contributed by atoms with Crippen molar-refractivity contribution < 1.29 is 14.0 Å². The molecule has 1 aliphatic heterocycles. The first-order valence-corrected chi connectivity index (χ1v) is 10.3. The maximum absolute atomic E-state index is 12.9. The van der Waals surface area contributed by atoms with Crippen LogP contribution in [0.3, 0.4) is 0 Å². The molecular formula is C24H25N3O3. The Balaban J connectivity index is 1.36. The van der Waals surface area contributed by atoms with E-state index in [1.165, 1.54) is 11.8 Å². The van der Waals surface area contributed by atoms with Crippen LogP contribution in [0.4, 0.5) is 16.2 Å². The van der Waals surface area contributed by atoms with Crippen LogP contribution >= 0.6 is 0 Å². The molecule has 154 valence electrons. The topological polar surface area (TPSA) is 74.6 Å². The lowest BCUT2D eigenvalue weighted by Crippen LogP contribution is -2.46. The van der Waals surface area contributed by atoms with Crippen molar-refractivity contribution in [2.45, 2.75) is 31.7 Å². The van der Waals surface area contributed by atoms with E-state index < -0.39 is 0 Å². The first-order chi connectivity index (χ1) is 14.7. The molecule has 0 spiro atoms. The van der Waals surface area contributed by atoms with Crippen molar-refractivity contribution in [1.82, 2.24) is 4.90 Å². The van der Waals surface area contributed by atoms with E-state index in [9.17, 15) is 9.59 Å². The highest BCUT2D eigenvalue weighted by Gasteiger charge is 2.26. The van der Waals surface area contributed by atoms with Gasteiger partial charge in [-0.3, -0.25) is 4.79 Å². The molecule has 1 unspecified atom stereocenters. The highest BCUT2D eigenvalue weighted by molar-refractivity contribution is 6.02. The molecule has 2 heterocycles. The number of anilines is 2. The Morgan fingerprint density at radius 3 is 2.33 bits per heavy atom. The summed E-state index contributed by atoms with van der Waals surface area (Å²) < 4.78 is 5.09. The normalized spacial score (nSPS) is 16.1. The number of hydrogen-bond acceptors (Lipinski definition) is 3. The Hall–Kier alpha value is -3.54. The number of urea groups is 1. The van der Waals surface area contributed by atoms with E-state index in [1.807, 2.05) is 23.1 Å². The van der Waals surface area contributed by atoms with E-state index in [1.54, 1.807) is 36.4 Å². The van der Waals surface area contributed by atoms with Crippen LogP contribution in [-0.2, 0) is 6.42 Å². The summed E-state index contributed by atoms with van der Waals surface area (Å²) in [5, 5.41) is 5.76. The number of nitrogens with zero attached hydrogens (tertiary/aromatic N) is 1. The molecule has 0 saturated carbocycles. The molecule has 1 saturated heterocycles. The standard InChI is InChI=1S/C24H25N3O3/c28-23(22-10-6-16-30-22)25-19-11-13-20(14-12-19)26-24(29)27-15-5-4-9-21(27)17-18-7-2-1-3-8-18/h1-3,6-8,10-14,16,21H,4-5,9,15,17H2,(H,25,28)(H,26,29). The maximum atomic E-state index is 12.9. The van der Waals surface area contributed by atoms with Crippen molar-refractivity contribution in [2.75, 3.05) is 17.2 Å². The predicted molar refractivity (Wildman–Crippen MR) is 117 cm³/mol. The van der Waals surface area contributed by atoms with Gasteiger partial charge in [-0.1, -0.05) is 30.3 Å². The van der Waals surface area contributed by atoms with Crippen molar-refractivity contribution in [3.8, 4) is 0 Å². The molecular weight excluding hydrogens is 378 g/mol. The van der Waals surface area contributed by atoms with Gasteiger partial charge in [0.15, 0.2) is 5.76 Å². The van der Waals surface area contributed by atoms with E-state index in [4.69, 9.17) is 4.42 Å². The Morgan fingerprint density at radius 1 is 0.900 bits per heavy atom. The molecule has 0 bridgehead atoms. The number of hydrogen-bond donors (Lipinski definition) is 2. The SMILES string of the molecule is O=C(Nc1ccc(NC(=O)N2CCCCC2Cc2ccccc2)cc1)c1ccco1. The fraction of sp³-hybridized carbons (Fsp3) is 0.250. The van der Waals surface area contributed by atoms with Crippen LogP contribution in [-0.4, -0.2) is 29.4 Å². The van der Waals surface area contributed by atoms with Gasteiger partial charge in [0.05, 0.1) is 6.26 Å². The minimum Gasteiger partial charge on any atom is -0.459 e. The average Bonchev–Trinajstić information content (AvgIpc) is 3.31. The molecule has 2 aromatic carbocycles. The van der Waals surface area contributed by atoms with Crippen molar-refractivity contribution in [3.63, 3.8) is 0 Å².